The molecule has 1 unspecified atom stereocenters. The topological polar surface area (TPSA) is 24.1 Å². The van der Waals surface area contributed by atoms with Crippen molar-refractivity contribution in [2.24, 2.45) is 5.92 Å². The van der Waals surface area contributed by atoms with Crippen molar-refractivity contribution in [2.45, 2.75) is 51.0 Å². The summed E-state index contributed by atoms with van der Waals surface area (Å²) in [5, 5.41) is 7.20. The van der Waals surface area contributed by atoms with E-state index in [0.29, 0.717) is 5.54 Å². The summed E-state index contributed by atoms with van der Waals surface area (Å²) in [6.07, 6.45) is 8.37. The molecule has 2 N–H and O–H groups in total. The van der Waals surface area contributed by atoms with Crippen LogP contribution in [0.4, 0.5) is 0 Å². The van der Waals surface area contributed by atoms with Crippen LogP contribution in [0.3, 0.4) is 0 Å². The zero-order chi connectivity index (χ0) is 9.86. The lowest BCUT2D eigenvalue weighted by molar-refractivity contribution is 0.201. The fraction of sp³-hybridized carbons (Fsp3) is 1.00. The highest BCUT2D eigenvalue weighted by Gasteiger charge is 2.30. The average molecular weight is 196 g/mol. The van der Waals surface area contributed by atoms with Crippen LogP contribution in [0, 0.1) is 5.92 Å². The van der Waals surface area contributed by atoms with Crippen molar-refractivity contribution in [2.75, 3.05) is 19.6 Å². The van der Waals surface area contributed by atoms with Crippen molar-refractivity contribution in [3.63, 3.8) is 0 Å². The SMILES string of the molecule is CC1(NCCC2CCCNC2)CCC1. The number of hydrogen-bond donors (Lipinski definition) is 2. The Morgan fingerprint density at radius 3 is 2.79 bits per heavy atom. The molecule has 1 saturated heterocycles. The van der Waals surface area contributed by atoms with Crippen molar-refractivity contribution in [3.05, 3.63) is 0 Å². The Balaban J connectivity index is 1.57. The molecule has 14 heavy (non-hydrogen) atoms. The van der Waals surface area contributed by atoms with E-state index in [1.54, 1.807) is 0 Å². The third-order valence-corrected chi connectivity index (χ3v) is 3.96. The fourth-order valence-electron chi connectivity index (χ4n) is 2.63. The third kappa shape index (κ3) is 2.71. The molecule has 0 radical (unpaired) electrons. The van der Waals surface area contributed by atoms with Gasteiger partial charge in [-0.1, -0.05) is 0 Å². The lowest BCUT2D eigenvalue weighted by Gasteiger charge is -2.40. The van der Waals surface area contributed by atoms with Crippen LogP contribution >= 0.6 is 0 Å². The molecule has 0 amide bonds. The highest BCUT2D eigenvalue weighted by Crippen LogP contribution is 2.30. The van der Waals surface area contributed by atoms with E-state index in [9.17, 15) is 0 Å². The zero-order valence-electron chi connectivity index (χ0n) is 9.44. The minimum Gasteiger partial charge on any atom is -0.316 e. The summed E-state index contributed by atoms with van der Waals surface area (Å²) in [7, 11) is 0. The molecule has 0 aromatic carbocycles. The van der Waals surface area contributed by atoms with E-state index >= 15 is 0 Å². The summed E-state index contributed by atoms with van der Waals surface area (Å²) in [5.74, 6) is 0.930. The van der Waals surface area contributed by atoms with E-state index in [4.69, 9.17) is 0 Å². The third-order valence-electron chi connectivity index (χ3n) is 3.96. The van der Waals surface area contributed by atoms with Crippen molar-refractivity contribution >= 4 is 0 Å². The molecule has 1 heterocycles. The molecule has 2 rings (SSSR count). The maximum Gasteiger partial charge on any atom is 0.0153 e. The van der Waals surface area contributed by atoms with E-state index < -0.39 is 0 Å². The smallest absolute Gasteiger partial charge is 0.0153 e. The number of piperidine rings is 1. The van der Waals surface area contributed by atoms with Crippen molar-refractivity contribution in [1.29, 1.82) is 0 Å². The highest BCUT2D eigenvalue weighted by molar-refractivity contribution is 4.91. The fourth-order valence-corrected chi connectivity index (χ4v) is 2.63. The summed E-state index contributed by atoms with van der Waals surface area (Å²) in [6, 6.07) is 0. The summed E-state index contributed by atoms with van der Waals surface area (Å²) < 4.78 is 0. The first kappa shape index (κ1) is 10.4. The Morgan fingerprint density at radius 2 is 2.21 bits per heavy atom. The van der Waals surface area contributed by atoms with Crippen LogP contribution in [0.1, 0.15) is 45.4 Å². The highest BCUT2D eigenvalue weighted by atomic mass is 15.0. The molecule has 0 spiro atoms. The predicted molar refractivity (Wildman–Crippen MR) is 60.5 cm³/mol. The van der Waals surface area contributed by atoms with E-state index in [1.807, 2.05) is 0 Å². The van der Waals surface area contributed by atoms with Gasteiger partial charge in [-0.05, 0) is 71.0 Å². The molecule has 1 aliphatic heterocycles. The minimum atomic E-state index is 0.502. The number of nitrogens with one attached hydrogen (secondary N) is 2. The van der Waals surface area contributed by atoms with E-state index in [1.165, 1.54) is 58.2 Å². The molecule has 2 fully saturated rings. The van der Waals surface area contributed by atoms with Gasteiger partial charge < -0.3 is 10.6 Å². The van der Waals surface area contributed by atoms with Crippen LogP contribution in [0.25, 0.3) is 0 Å². The lowest BCUT2D eigenvalue weighted by Crippen LogP contribution is -2.49. The van der Waals surface area contributed by atoms with E-state index in [-0.39, 0.29) is 0 Å². The average Bonchev–Trinajstić information content (AvgIpc) is 2.17. The zero-order valence-corrected chi connectivity index (χ0v) is 9.44. The second-order valence-electron chi connectivity index (χ2n) is 5.34. The molecule has 1 atom stereocenters. The molecule has 0 aromatic heterocycles. The van der Waals surface area contributed by atoms with Gasteiger partial charge in [0.2, 0.25) is 0 Å². The monoisotopic (exact) mass is 196 g/mol. The molecule has 82 valence electrons. The van der Waals surface area contributed by atoms with E-state index in [0.717, 1.165) is 5.92 Å². The van der Waals surface area contributed by atoms with E-state index in [2.05, 4.69) is 17.6 Å². The Labute approximate surface area is 87.8 Å². The summed E-state index contributed by atoms with van der Waals surface area (Å²) in [4.78, 5) is 0. The summed E-state index contributed by atoms with van der Waals surface area (Å²) in [6.45, 7) is 6.08. The van der Waals surface area contributed by atoms with Gasteiger partial charge in [-0.25, -0.2) is 0 Å². The van der Waals surface area contributed by atoms with Gasteiger partial charge in [0.05, 0.1) is 0 Å². The van der Waals surface area contributed by atoms with Crippen LogP contribution < -0.4 is 10.6 Å². The molecular weight excluding hydrogens is 172 g/mol. The first-order valence-electron chi connectivity index (χ1n) is 6.24. The first-order chi connectivity index (χ1) is 6.79. The summed E-state index contributed by atoms with van der Waals surface area (Å²) >= 11 is 0. The molecule has 2 nitrogen and oxygen atoms in total. The van der Waals surface area contributed by atoms with Gasteiger partial charge in [-0.2, -0.15) is 0 Å². The second kappa shape index (κ2) is 4.63. The summed E-state index contributed by atoms with van der Waals surface area (Å²) in [5.41, 5.74) is 0.502. The van der Waals surface area contributed by atoms with Crippen LogP contribution in [0.15, 0.2) is 0 Å². The molecular formula is C12H24N2. The van der Waals surface area contributed by atoms with Gasteiger partial charge in [0.1, 0.15) is 0 Å². The van der Waals surface area contributed by atoms with Crippen LogP contribution in [-0.2, 0) is 0 Å². The van der Waals surface area contributed by atoms with Crippen molar-refractivity contribution in [1.82, 2.24) is 10.6 Å². The van der Waals surface area contributed by atoms with Gasteiger partial charge in [-0.3, -0.25) is 0 Å². The van der Waals surface area contributed by atoms with Crippen LogP contribution in [0.2, 0.25) is 0 Å². The van der Waals surface area contributed by atoms with Gasteiger partial charge in [0.15, 0.2) is 0 Å². The van der Waals surface area contributed by atoms with Gasteiger partial charge in [0, 0.05) is 5.54 Å². The van der Waals surface area contributed by atoms with Gasteiger partial charge in [0.25, 0.3) is 0 Å². The number of hydrogen-bond acceptors (Lipinski definition) is 2. The lowest BCUT2D eigenvalue weighted by atomic mass is 9.78. The first-order valence-corrected chi connectivity index (χ1v) is 6.24. The van der Waals surface area contributed by atoms with Crippen LogP contribution in [-0.4, -0.2) is 25.2 Å². The second-order valence-corrected chi connectivity index (χ2v) is 5.34. The molecule has 2 aliphatic rings. The molecule has 1 saturated carbocycles. The number of rotatable bonds is 4. The maximum atomic E-state index is 3.71. The predicted octanol–water partition coefficient (Wildman–Crippen LogP) is 1.91. The molecule has 2 heteroatoms. The van der Waals surface area contributed by atoms with Crippen LogP contribution in [0.5, 0.6) is 0 Å². The molecule has 1 aliphatic carbocycles. The Morgan fingerprint density at radius 1 is 1.36 bits per heavy atom. The normalized spacial score (nSPS) is 31.1. The molecule has 0 bridgehead atoms. The Kier molecular flexibility index (Phi) is 3.45. The van der Waals surface area contributed by atoms with Gasteiger partial charge >= 0.3 is 0 Å². The minimum absolute atomic E-state index is 0.502. The van der Waals surface area contributed by atoms with Gasteiger partial charge in [-0.15, -0.1) is 0 Å². The van der Waals surface area contributed by atoms with Crippen molar-refractivity contribution in [3.8, 4) is 0 Å². The standard InChI is InChI=1S/C12H24N2/c1-12(6-3-7-12)14-9-5-11-4-2-8-13-10-11/h11,13-14H,2-10H2,1H3. The van der Waals surface area contributed by atoms with Crippen molar-refractivity contribution < 1.29 is 0 Å². The largest absolute Gasteiger partial charge is 0.316 e. The Bertz CT molecular complexity index is 169. The maximum absolute atomic E-state index is 3.71. The Hall–Kier alpha value is -0.0800. The quantitative estimate of drug-likeness (QED) is 0.717. The molecule has 0 aromatic rings.